The van der Waals surface area contributed by atoms with Crippen LogP contribution in [0.15, 0.2) is 30.6 Å². The smallest absolute Gasteiger partial charge is 0.475 e. The van der Waals surface area contributed by atoms with Crippen molar-refractivity contribution in [2.24, 2.45) is 5.92 Å². The lowest BCUT2D eigenvalue weighted by atomic mass is 9.75. The maximum absolute atomic E-state index is 12.9. The van der Waals surface area contributed by atoms with E-state index in [0.717, 1.165) is 29.2 Å². The minimum Gasteiger partial charge on any atom is -0.475 e. The lowest BCUT2D eigenvalue weighted by molar-refractivity contribution is -0.192. The third-order valence-corrected chi connectivity index (χ3v) is 6.77. The third kappa shape index (κ3) is 6.43. The van der Waals surface area contributed by atoms with E-state index in [1.54, 1.807) is 6.07 Å². The van der Waals surface area contributed by atoms with Crippen LogP contribution in [0.3, 0.4) is 0 Å². The number of aromatic nitrogens is 2. The highest BCUT2D eigenvalue weighted by Crippen LogP contribution is 2.48. The first kappa shape index (κ1) is 27.0. The molecule has 3 heterocycles. The fraction of sp³-hybridized carbons (Fsp3) is 0.542. The largest absolute Gasteiger partial charge is 0.490 e. The number of hydrogen-bond acceptors (Lipinski definition) is 4. The molecule has 202 valence electrons. The van der Waals surface area contributed by atoms with E-state index in [1.807, 2.05) is 29.2 Å². The molecular weight excluding hydrogens is 508 g/mol. The molecule has 1 amide bonds. The van der Waals surface area contributed by atoms with E-state index in [2.05, 4.69) is 5.10 Å². The van der Waals surface area contributed by atoms with Crippen molar-refractivity contribution in [2.75, 3.05) is 24.7 Å². The van der Waals surface area contributed by atoms with Crippen molar-refractivity contribution in [1.82, 2.24) is 9.78 Å². The van der Waals surface area contributed by atoms with Crippen molar-refractivity contribution in [1.29, 1.82) is 0 Å². The summed E-state index contributed by atoms with van der Waals surface area (Å²) in [5, 5.41) is 11.6. The fourth-order valence-electron chi connectivity index (χ4n) is 4.71. The SMILES string of the molecule is O=C(CC(F)(F)F)N1CC2(CCOCC2)c2cc(-c3cnn(CC4CC4)c3)ccc21.O=C(O)C(F)(F)F. The van der Waals surface area contributed by atoms with Crippen LogP contribution in [-0.4, -0.2) is 58.9 Å². The zero-order valence-electron chi connectivity index (χ0n) is 19.6. The van der Waals surface area contributed by atoms with Gasteiger partial charge in [-0.2, -0.15) is 31.4 Å². The van der Waals surface area contributed by atoms with Crippen molar-refractivity contribution >= 4 is 17.6 Å². The Labute approximate surface area is 208 Å². The normalized spacial score (nSPS) is 18.8. The number of amides is 1. The van der Waals surface area contributed by atoms with Gasteiger partial charge in [-0.15, -0.1) is 0 Å². The number of ether oxygens (including phenoxy) is 1. The van der Waals surface area contributed by atoms with Crippen molar-refractivity contribution in [3.63, 3.8) is 0 Å². The molecule has 5 rings (SSSR count). The molecule has 1 spiro atoms. The molecule has 1 aromatic heterocycles. The Morgan fingerprint density at radius 2 is 1.73 bits per heavy atom. The number of carboxylic acid groups (broad SMARTS) is 1. The van der Waals surface area contributed by atoms with Crippen LogP contribution in [-0.2, 0) is 26.3 Å². The van der Waals surface area contributed by atoms with Gasteiger partial charge in [0.25, 0.3) is 0 Å². The Morgan fingerprint density at radius 1 is 1.08 bits per heavy atom. The number of nitrogens with zero attached hydrogens (tertiary/aromatic N) is 3. The molecule has 2 aromatic rings. The Kier molecular flexibility index (Phi) is 7.28. The van der Waals surface area contributed by atoms with Crippen molar-refractivity contribution in [2.45, 2.75) is 56.4 Å². The molecule has 1 aliphatic carbocycles. The lowest BCUT2D eigenvalue weighted by Crippen LogP contribution is -2.41. The fourth-order valence-corrected chi connectivity index (χ4v) is 4.71. The minimum atomic E-state index is -5.08. The van der Waals surface area contributed by atoms with Gasteiger partial charge in [-0.1, -0.05) is 6.07 Å². The Balaban J connectivity index is 0.000000405. The van der Waals surface area contributed by atoms with Crippen LogP contribution in [0.2, 0.25) is 0 Å². The molecule has 0 unspecified atom stereocenters. The number of anilines is 1. The van der Waals surface area contributed by atoms with Gasteiger partial charge in [0, 0.05) is 49.2 Å². The zero-order valence-corrected chi connectivity index (χ0v) is 19.6. The molecule has 1 aromatic carbocycles. The predicted octanol–water partition coefficient (Wildman–Crippen LogP) is 4.94. The van der Waals surface area contributed by atoms with Gasteiger partial charge in [0.05, 0.1) is 6.20 Å². The topological polar surface area (TPSA) is 84.7 Å². The van der Waals surface area contributed by atoms with Gasteiger partial charge < -0.3 is 14.7 Å². The van der Waals surface area contributed by atoms with E-state index in [-0.39, 0.29) is 12.0 Å². The van der Waals surface area contributed by atoms with E-state index >= 15 is 0 Å². The van der Waals surface area contributed by atoms with Crippen LogP contribution in [0.5, 0.6) is 0 Å². The minimum absolute atomic E-state index is 0.283. The van der Waals surface area contributed by atoms with Crippen LogP contribution in [0, 0.1) is 5.92 Å². The first-order valence-electron chi connectivity index (χ1n) is 11.7. The van der Waals surface area contributed by atoms with Crippen LogP contribution >= 0.6 is 0 Å². The summed E-state index contributed by atoms with van der Waals surface area (Å²) < 4.78 is 77.8. The van der Waals surface area contributed by atoms with Gasteiger partial charge in [-0.25, -0.2) is 4.79 Å². The van der Waals surface area contributed by atoms with Crippen LogP contribution in [0.1, 0.15) is 37.7 Å². The number of benzene rings is 1. The van der Waals surface area contributed by atoms with Gasteiger partial charge in [0.15, 0.2) is 0 Å². The average molecular weight is 533 g/mol. The highest BCUT2D eigenvalue weighted by molar-refractivity contribution is 5.97. The summed E-state index contributed by atoms with van der Waals surface area (Å²) in [7, 11) is 0. The van der Waals surface area contributed by atoms with Gasteiger partial charge in [0.1, 0.15) is 6.42 Å². The summed E-state index contributed by atoms with van der Waals surface area (Å²) in [4.78, 5) is 22.7. The molecule has 7 nitrogen and oxygen atoms in total. The number of carboxylic acids is 1. The molecular formula is C24H25F6N3O4. The molecule has 1 saturated carbocycles. The van der Waals surface area contributed by atoms with E-state index in [9.17, 15) is 31.1 Å². The van der Waals surface area contributed by atoms with Gasteiger partial charge >= 0.3 is 18.3 Å². The highest BCUT2D eigenvalue weighted by atomic mass is 19.4. The quantitative estimate of drug-likeness (QED) is 0.563. The molecule has 2 fully saturated rings. The average Bonchev–Trinajstić information content (AvgIpc) is 3.41. The van der Waals surface area contributed by atoms with E-state index < -0.39 is 30.6 Å². The maximum Gasteiger partial charge on any atom is 0.490 e. The third-order valence-electron chi connectivity index (χ3n) is 6.77. The summed E-state index contributed by atoms with van der Waals surface area (Å²) in [5.41, 5.74) is 3.16. The highest BCUT2D eigenvalue weighted by Gasteiger charge is 2.47. The molecule has 1 N–H and O–H groups in total. The molecule has 2 aliphatic heterocycles. The first-order valence-corrected chi connectivity index (χ1v) is 11.7. The summed E-state index contributed by atoms with van der Waals surface area (Å²) in [5.74, 6) is -2.93. The van der Waals surface area contributed by atoms with Gasteiger partial charge in [-0.3, -0.25) is 9.48 Å². The summed E-state index contributed by atoms with van der Waals surface area (Å²) in [6.07, 6.45) is -3.28. The molecule has 1 saturated heterocycles. The van der Waals surface area contributed by atoms with Crippen LogP contribution in [0.25, 0.3) is 11.1 Å². The van der Waals surface area contributed by atoms with Crippen molar-refractivity contribution in [3.05, 3.63) is 36.2 Å². The molecule has 3 aliphatic rings. The number of halogens is 6. The number of carbonyl (C=O) groups excluding carboxylic acids is 1. The Bertz CT molecular complexity index is 1150. The number of hydrogen-bond donors (Lipinski definition) is 1. The van der Waals surface area contributed by atoms with Gasteiger partial charge in [-0.05, 0) is 54.9 Å². The van der Waals surface area contributed by atoms with Crippen LogP contribution in [0.4, 0.5) is 32.0 Å². The van der Waals surface area contributed by atoms with Crippen molar-refractivity contribution < 1.29 is 45.8 Å². The number of aliphatic carboxylic acids is 1. The summed E-state index contributed by atoms with van der Waals surface area (Å²) in [6, 6.07) is 5.71. The second-order valence-electron chi connectivity index (χ2n) is 9.59. The number of carbonyl (C=O) groups is 2. The Morgan fingerprint density at radius 3 is 2.30 bits per heavy atom. The zero-order chi connectivity index (χ0) is 27.0. The van der Waals surface area contributed by atoms with Crippen molar-refractivity contribution in [3.8, 4) is 11.1 Å². The standard InChI is InChI=1S/C22H24F3N3O2.C2HF3O2/c23-22(24,25)10-20(29)28-14-21(5-7-30-8-6-21)18-9-16(3-4-19(18)28)17-11-26-27(13-17)12-15-1-2-15;3-2(4,5)1(6)7/h3-4,9,11,13,15H,1-2,5-8,10,12,14H2;(H,6,7). The molecule has 13 heteroatoms. The number of fused-ring (bicyclic) bond motifs is 2. The maximum atomic E-state index is 12.9. The van der Waals surface area contributed by atoms with E-state index in [1.165, 1.54) is 17.7 Å². The monoisotopic (exact) mass is 533 g/mol. The number of alkyl halides is 6. The molecule has 0 atom stereocenters. The Hall–Kier alpha value is -3.09. The molecule has 0 bridgehead atoms. The lowest BCUT2D eigenvalue weighted by Gasteiger charge is -2.34. The number of rotatable bonds is 4. The molecule has 0 radical (unpaired) electrons. The van der Waals surface area contributed by atoms with Crippen LogP contribution < -0.4 is 4.90 Å². The van der Waals surface area contributed by atoms with Gasteiger partial charge in [0.2, 0.25) is 5.91 Å². The molecule has 37 heavy (non-hydrogen) atoms. The van der Waals surface area contributed by atoms with E-state index in [0.29, 0.717) is 31.7 Å². The second-order valence-corrected chi connectivity index (χ2v) is 9.59. The van der Waals surface area contributed by atoms with E-state index in [4.69, 9.17) is 14.6 Å². The first-order chi connectivity index (χ1) is 17.3. The summed E-state index contributed by atoms with van der Waals surface area (Å²) in [6.45, 7) is 2.30. The predicted molar refractivity (Wildman–Crippen MR) is 119 cm³/mol. The second kappa shape index (κ2) is 9.99. The summed E-state index contributed by atoms with van der Waals surface area (Å²) >= 11 is 0.